The molecule has 2 atom stereocenters. The van der Waals surface area contributed by atoms with Crippen molar-refractivity contribution in [3.05, 3.63) is 0 Å². The molecule has 0 amide bonds. The van der Waals surface area contributed by atoms with Gasteiger partial charge in [-0.15, -0.1) is 0 Å². The molecule has 0 radical (unpaired) electrons. The third kappa shape index (κ3) is 0.968. The first-order valence-corrected chi connectivity index (χ1v) is 3.45. The predicted molar refractivity (Wildman–Crippen MR) is 33.0 cm³/mol. The number of cyclic esters (lactones) is 1. The number of carbonyl (C=O) groups excluding carboxylic acids is 1. The molecule has 2 nitrogen and oxygen atoms in total. The van der Waals surface area contributed by atoms with Gasteiger partial charge in [-0.2, -0.15) is 0 Å². The molecule has 46 valence electrons. The van der Waals surface area contributed by atoms with Crippen LogP contribution in [0.3, 0.4) is 0 Å². The zero-order valence-electron chi connectivity index (χ0n) is 4.88. The Kier molecular flexibility index (Phi) is 1.47. The van der Waals surface area contributed by atoms with Crippen molar-refractivity contribution in [2.45, 2.75) is 25.2 Å². The van der Waals surface area contributed by atoms with Crippen LogP contribution in [-0.4, -0.2) is 16.7 Å². The maximum atomic E-state index is 10.4. The van der Waals surface area contributed by atoms with E-state index in [0.717, 1.165) is 0 Å². The average molecular weight is 132 g/mol. The van der Waals surface area contributed by atoms with E-state index >= 15 is 0 Å². The molecular formula is C5H8O2S. The summed E-state index contributed by atoms with van der Waals surface area (Å²) in [4.78, 5) is 10.4. The molecule has 1 aliphatic rings. The Balaban J connectivity index is 2.51. The van der Waals surface area contributed by atoms with Gasteiger partial charge in [0.05, 0.1) is 0 Å². The van der Waals surface area contributed by atoms with Crippen LogP contribution in [0.15, 0.2) is 0 Å². The Morgan fingerprint density at radius 1 is 1.62 bits per heavy atom. The molecule has 0 aromatic carbocycles. The summed E-state index contributed by atoms with van der Waals surface area (Å²) >= 11 is 1.27. The van der Waals surface area contributed by atoms with E-state index in [1.54, 1.807) is 0 Å². The third-order valence-corrected chi connectivity index (χ3v) is 2.27. The van der Waals surface area contributed by atoms with Crippen LogP contribution in [0.25, 0.3) is 0 Å². The van der Waals surface area contributed by atoms with Crippen LogP contribution in [0, 0.1) is 0 Å². The quantitative estimate of drug-likeness (QED) is 0.469. The van der Waals surface area contributed by atoms with Crippen LogP contribution in [0.1, 0.15) is 13.8 Å². The van der Waals surface area contributed by atoms with E-state index in [0.29, 0.717) is 5.25 Å². The minimum atomic E-state index is -0.134. The summed E-state index contributed by atoms with van der Waals surface area (Å²) in [6.07, 6.45) is 0.104. The highest BCUT2D eigenvalue weighted by molar-refractivity contribution is 8.14. The molecule has 0 N–H and O–H groups in total. The Labute approximate surface area is 52.6 Å². The number of rotatable bonds is 0. The summed E-state index contributed by atoms with van der Waals surface area (Å²) in [6, 6.07) is 0. The molecule has 0 spiro atoms. The first kappa shape index (κ1) is 5.95. The molecule has 0 unspecified atom stereocenters. The highest BCUT2D eigenvalue weighted by atomic mass is 32.2. The van der Waals surface area contributed by atoms with Crippen LogP contribution < -0.4 is 0 Å². The van der Waals surface area contributed by atoms with Crippen LogP contribution in [0.4, 0.5) is 4.79 Å². The van der Waals surface area contributed by atoms with E-state index < -0.39 is 0 Å². The molecule has 0 saturated carbocycles. The van der Waals surface area contributed by atoms with Crippen molar-refractivity contribution in [3.8, 4) is 0 Å². The van der Waals surface area contributed by atoms with E-state index in [-0.39, 0.29) is 11.4 Å². The summed E-state index contributed by atoms with van der Waals surface area (Å²) in [5.41, 5.74) is 0. The highest BCUT2D eigenvalue weighted by Gasteiger charge is 2.27. The van der Waals surface area contributed by atoms with Crippen LogP contribution in [-0.2, 0) is 4.74 Å². The lowest BCUT2D eigenvalue weighted by Gasteiger charge is -2.02. The van der Waals surface area contributed by atoms with Gasteiger partial charge in [-0.1, -0.05) is 0 Å². The highest BCUT2D eigenvalue weighted by Crippen LogP contribution is 2.26. The van der Waals surface area contributed by atoms with Crippen molar-refractivity contribution in [3.63, 3.8) is 0 Å². The second-order valence-electron chi connectivity index (χ2n) is 1.90. The number of ether oxygens (including phenoxy) is 1. The maximum absolute atomic E-state index is 10.4. The van der Waals surface area contributed by atoms with Crippen LogP contribution in [0.2, 0.25) is 0 Å². The Morgan fingerprint density at radius 2 is 2.25 bits per heavy atom. The minimum absolute atomic E-state index is 0.104. The third-order valence-electron chi connectivity index (χ3n) is 1.23. The van der Waals surface area contributed by atoms with Gasteiger partial charge in [0.15, 0.2) is 0 Å². The number of hydrogen-bond donors (Lipinski definition) is 0. The molecule has 3 heteroatoms. The first-order chi connectivity index (χ1) is 3.70. The number of thioether (sulfide) groups is 1. The second-order valence-corrected chi connectivity index (χ2v) is 3.21. The monoisotopic (exact) mass is 132 g/mol. The Hall–Kier alpha value is -0.180. The van der Waals surface area contributed by atoms with E-state index in [1.165, 1.54) is 11.8 Å². The fourth-order valence-electron chi connectivity index (χ4n) is 0.523. The van der Waals surface area contributed by atoms with Gasteiger partial charge in [0.2, 0.25) is 0 Å². The maximum Gasteiger partial charge on any atom is 0.367 e. The molecule has 1 heterocycles. The molecule has 0 aromatic heterocycles. The molecule has 0 aliphatic carbocycles. The van der Waals surface area contributed by atoms with E-state index in [4.69, 9.17) is 4.74 Å². The molecule has 0 aromatic rings. The summed E-state index contributed by atoms with van der Waals surface area (Å²) in [6.45, 7) is 3.89. The lowest BCUT2D eigenvalue weighted by atomic mass is 10.3. The molecular weight excluding hydrogens is 124 g/mol. The van der Waals surface area contributed by atoms with Gasteiger partial charge in [0.25, 0.3) is 0 Å². The van der Waals surface area contributed by atoms with Crippen molar-refractivity contribution in [2.24, 2.45) is 0 Å². The average Bonchev–Trinajstić information content (AvgIpc) is 1.85. The summed E-state index contributed by atoms with van der Waals surface area (Å²) in [7, 11) is 0. The predicted octanol–water partition coefficient (Wildman–Crippen LogP) is 1.65. The number of hydrogen-bond acceptors (Lipinski definition) is 3. The fourth-order valence-corrected chi connectivity index (χ4v) is 1.28. The normalized spacial score (nSPS) is 37.5. The van der Waals surface area contributed by atoms with Gasteiger partial charge < -0.3 is 4.74 Å². The van der Waals surface area contributed by atoms with Crippen molar-refractivity contribution in [1.82, 2.24) is 0 Å². The lowest BCUT2D eigenvalue weighted by Crippen LogP contribution is -2.10. The molecule has 1 fully saturated rings. The molecule has 8 heavy (non-hydrogen) atoms. The lowest BCUT2D eigenvalue weighted by molar-refractivity contribution is 0.144. The largest absolute Gasteiger partial charge is 0.453 e. The Morgan fingerprint density at radius 3 is 2.38 bits per heavy atom. The SMILES string of the molecule is C[C@@H]1SC(=O)O[C@@H]1C. The van der Waals surface area contributed by atoms with E-state index in [1.807, 2.05) is 13.8 Å². The van der Waals surface area contributed by atoms with Gasteiger partial charge in [0.1, 0.15) is 6.10 Å². The fraction of sp³-hybridized carbons (Fsp3) is 0.800. The minimum Gasteiger partial charge on any atom is -0.453 e. The van der Waals surface area contributed by atoms with Crippen LogP contribution >= 0.6 is 11.8 Å². The summed E-state index contributed by atoms with van der Waals surface area (Å²) in [5.74, 6) is 0. The summed E-state index contributed by atoms with van der Waals surface area (Å²) in [5, 5.41) is 0.201. The van der Waals surface area contributed by atoms with Crippen molar-refractivity contribution < 1.29 is 9.53 Å². The molecule has 1 aliphatic heterocycles. The first-order valence-electron chi connectivity index (χ1n) is 2.57. The van der Waals surface area contributed by atoms with E-state index in [2.05, 4.69) is 0 Å². The molecule has 0 bridgehead atoms. The standard InChI is InChI=1S/C5H8O2S/c1-3-4(2)8-5(6)7-3/h3-4H,1-2H3/t3-,4+/m1/s1. The zero-order valence-corrected chi connectivity index (χ0v) is 5.70. The zero-order chi connectivity index (χ0) is 6.15. The molecule has 1 rings (SSSR count). The van der Waals surface area contributed by atoms with Crippen molar-refractivity contribution in [2.75, 3.05) is 0 Å². The van der Waals surface area contributed by atoms with Gasteiger partial charge >= 0.3 is 5.30 Å². The van der Waals surface area contributed by atoms with Gasteiger partial charge in [-0.3, -0.25) is 0 Å². The molecule has 1 saturated heterocycles. The smallest absolute Gasteiger partial charge is 0.367 e. The van der Waals surface area contributed by atoms with Gasteiger partial charge in [0, 0.05) is 5.25 Å². The summed E-state index contributed by atoms with van der Waals surface area (Å²) < 4.78 is 4.80. The van der Waals surface area contributed by atoms with Crippen LogP contribution in [0.5, 0.6) is 0 Å². The number of carbonyl (C=O) groups is 1. The second kappa shape index (κ2) is 1.97. The van der Waals surface area contributed by atoms with Crippen molar-refractivity contribution >= 4 is 17.1 Å². The van der Waals surface area contributed by atoms with Crippen molar-refractivity contribution in [1.29, 1.82) is 0 Å². The Bertz CT molecular complexity index is 101. The van der Waals surface area contributed by atoms with Gasteiger partial charge in [-0.05, 0) is 25.6 Å². The van der Waals surface area contributed by atoms with E-state index in [9.17, 15) is 4.79 Å². The van der Waals surface area contributed by atoms with Gasteiger partial charge in [-0.25, -0.2) is 4.79 Å². The topological polar surface area (TPSA) is 26.3 Å².